The molecule has 20 heavy (non-hydrogen) atoms. The number of carbonyl (C=O) groups excluding carboxylic acids is 1. The van der Waals surface area contributed by atoms with E-state index in [1.54, 1.807) is 12.1 Å². The summed E-state index contributed by atoms with van der Waals surface area (Å²) in [7, 11) is 1.48. The predicted molar refractivity (Wildman–Crippen MR) is 70.1 cm³/mol. The van der Waals surface area contributed by atoms with Crippen LogP contribution in [-0.4, -0.2) is 44.1 Å². The standard InChI is InChI=1S/C14H18O6/c1-17-13-5-4-10(7-12(13)15)18-6-2-3-14(16)20-9-11-8-19-11/h4-5,7,11,15H,2-3,6,8-9H2,1H3. The fraction of sp³-hybridized carbons (Fsp3) is 0.500. The Balaban J connectivity index is 1.62. The fourth-order valence-corrected chi connectivity index (χ4v) is 1.59. The summed E-state index contributed by atoms with van der Waals surface area (Å²) in [6.07, 6.45) is 0.948. The highest BCUT2D eigenvalue weighted by Gasteiger charge is 2.23. The van der Waals surface area contributed by atoms with Crippen molar-refractivity contribution < 1.29 is 28.8 Å². The number of esters is 1. The van der Waals surface area contributed by atoms with Gasteiger partial charge in [0, 0.05) is 12.5 Å². The Morgan fingerprint density at radius 3 is 2.95 bits per heavy atom. The minimum Gasteiger partial charge on any atom is -0.504 e. The van der Waals surface area contributed by atoms with E-state index in [2.05, 4.69) is 0 Å². The zero-order chi connectivity index (χ0) is 14.4. The van der Waals surface area contributed by atoms with Crippen molar-refractivity contribution in [1.29, 1.82) is 0 Å². The normalized spacial score (nSPS) is 16.6. The highest BCUT2D eigenvalue weighted by atomic mass is 16.6. The number of ether oxygens (including phenoxy) is 4. The summed E-state index contributed by atoms with van der Waals surface area (Å²) in [5, 5.41) is 9.57. The fourth-order valence-electron chi connectivity index (χ4n) is 1.59. The molecule has 6 nitrogen and oxygen atoms in total. The summed E-state index contributed by atoms with van der Waals surface area (Å²) >= 11 is 0. The summed E-state index contributed by atoms with van der Waals surface area (Å²) in [4.78, 5) is 11.3. The molecule has 1 aliphatic rings. The molecule has 1 aliphatic heterocycles. The molecular formula is C14H18O6. The van der Waals surface area contributed by atoms with Gasteiger partial charge >= 0.3 is 5.97 Å². The molecule has 0 radical (unpaired) electrons. The molecule has 1 unspecified atom stereocenters. The molecule has 110 valence electrons. The van der Waals surface area contributed by atoms with Crippen LogP contribution in [-0.2, 0) is 14.3 Å². The Morgan fingerprint density at radius 2 is 2.30 bits per heavy atom. The number of epoxide rings is 1. The molecule has 0 aromatic heterocycles. The number of methoxy groups -OCH3 is 1. The first kappa shape index (κ1) is 14.5. The molecule has 2 rings (SSSR count). The molecule has 1 aromatic rings. The quantitative estimate of drug-likeness (QED) is 0.442. The number of hydrogen-bond acceptors (Lipinski definition) is 6. The third kappa shape index (κ3) is 4.62. The van der Waals surface area contributed by atoms with E-state index < -0.39 is 0 Å². The van der Waals surface area contributed by atoms with Crippen LogP contribution >= 0.6 is 0 Å². The summed E-state index contributed by atoms with van der Waals surface area (Å²) in [5.74, 6) is 0.696. The number of phenolic OH excluding ortho intramolecular Hbond substituents is 1. The number of carbonyl (C=O) groups is 1. The molecule has 1 fully saturated rings. The second-order valence-electron chi connectivity index (χ2n) is 4.42. The lowest BCUT2D eigenvalue weighted by Gasteiger charge is -2.08. The van der Waals surface area contributed by atoms with Crippen molar-refractivity contribution in [3.63, 3.8) is 0 Å². The van der Waals surface area contributed by atoms with Crippen LogP contribution in [0.2, 0.25) is 0 Å². The molecule has 1 saturated heterocycles. The average molecular weight is 282 g/mol. The molecular weight excluding hydrogens is 264 g/mol. The van der Waals surface area contributed by atoms with Crippen molar-refractivity contribution in [3.8, 4) is 17.2 Å². The maximum atomic E-state index is 11.3. The van der Waals surface area contributed by atoms with E-state index >= 15 is 0 Å². The molecule has 1 atom stereocenters. The molecule has 0 amide bonds. The number of rotatable bonds is 8. The van der Waals surface area contributed by atoms with Gasteiger partial charge in [-0.3, -0.25) is 4.79 Å². The van der Waals surface area contributed by atoms with Crippen LogP contribution in [0.15, 0.2) is 18.2 Å². The lowest BCUT2D eigenvalue weighted by Crippen LogP contribution is -2.11. The SMILES string of the molecule is COc1ccc(OCCCC(=O)OCC2CO2)cc1O. The van der Waals surface area contributed by atoms with Gasteiger partial charge in [0.2, 0.25) is 0 Å². The van der Waals surface area contributed by atoms with Gasteiger partial charge in [-0.15, -0.1) is 0 Å². The maximum absolute atomic E-state index is 11.3. The van der Waals surface area contributed by atoms with Crippen molar-refractivity contribution in [1.82, 2.24) is 0 Å². The van der Waals surface area contributed by atoms with E-state index in [9.17, 15) is 9.90 Å². The van der Waals surface area contributed by atoms with Crippen LogP contribution in [0, 0.1) is 0 Å². The summed E-state index contributed by atoms with van der Waals surface area (Å²) < 4.78 is 20.3. The van der Waals surface area contributed by atoms with Crippen LogP contribution < -0.4 is 9.47 Å². The van der Waals surface area contributed by atoms with Gasteiger partial charge in [0.05, 0.1) is 20.3 Å². The van der Waals surface area contributed by atoms with E-state index in [0.29, 0.717) is 44.2 Å². The van der Waals surface area contributed by atoms with Crippen LogP contribution in [0.1, 0.15) is 12.8 Å². The van der Waals surface area contributed by atoms with Gasteiger partial charge in [0.15, 0.2) is 11.5 Å². The van der Waals surface area contributed by atoms with Gasteiger partial charge in [-0.1, -0.05) is 0 Å². The molecule has 1 aromatic carbocycles. The third-order valence-corrected chi connectivity index (χ3v) is 2.78. The van der Waals surface area contributed by atoms with E-state index in [1.807, 2.05) is 0 Å². The molecule has 0 spiro atoms. The van der Waals surface area contributed by atoms with Crippen LogP contribution in [0.3, 0.4) is 0 Å². The average Bonchev–Trinajstić information content (AvgIpc) is 3.26. The largest absolute Gasteiger partial charge is 0.504 e. The highest BCUT2D eigenvalue weighted by molar-refractivity contribution is 5.69. The number of benzene rings is 1. The van der Waals surface area contributed by atoms with Crippen LogP contribution in [0.25, 0.3) is 0 Å². The Kier molecular flexibility index (Phi) is 5.06. The van der Waals surface area contributed by atoms with Gasteiger partial charge in [0.1, 0.15) is 18.5 Å². The van der Waals surface area contributed by atoms with Crippen molar-refractivity contribution in [3.05, 3.63) is 18.2 Å². The van der Waals surface area contributed by atoms with E-state index in [1.165, 1.54) is 13.2 Å². The second kappa shape index (κ2) is 7.00. The first-order valence-electron chi connectivity index (χ1n) is 6.46. The minimum absolute atomic E-state index is 0.0221. The number of aromatic hydroxyl groups is 1. The number of phenols is 1. The van der Waals surface area contributed by atoms with Crippen molar-refractivity contribution >= 4 is 5.97 Å². The third-order valence-electron chi connectivity index (χ3n) is 2.78. The highest BCUT2D eigenvalue weighted by Crippen LogP contribution is 2.29. The Labute approximate surface area is 117 Å². The summed E-state index contributed by atoms with van der Waals surface area (Å²) in [5.41, 5.74) is 0. The number of hydrogen-bond donors (Lipinski definition) is 1. The molecule has 6 heteroatoms. The van der Waals surface area contributed by atoms with Crippen LogP contribution in [0.5, 0.6) is 17.2 Å². The lowest BCUT2D eigenvalue weighted by molar-refractivity contribution is -0.144. The molecule has 0 aliphatic carbocycles. The smallest absolute Gasteiger partial charge is 0.306 e. The molecule has 1 heterocycles. The second-order valence-corrected chi connectivity index (χ2v) is 4.42. The topological polar surface area (TPSA) is 77.5 Å². The first-order valence-corrected chi connectivity index (χ1v) is 6.46. The van der Waals surface area contributed by atoms with E-state index in [-0.39, 0.29) is 17.8 Å². The minimum atomic E-state index is -0.248. The van der Waals surface area contributed by atoms with Gasteiger partial charge in [-0.25, -0.2) is 0 Å². The maximum Gasteiger partial charge on any atom is 0.306 e. The van der Waals surface area contributed by atoms with Gasteiger partial charge in [-0.2, -0.15) is 0 Å². The Bertz CT molecular complexity index is 455. The zero-order valence-electron chi connectivity index (χ0n) is 11.3. The molecule has 1 N–H and O–H groups in total. The molecule has 0 bridgehead atoms. The van der Waals surface area contributed by atoms with Crippen molar-refractivity contribution in [2.75, 3.05) is 26.9 Å². The van der Waals surface area contributed by atoms with Crippen molar-refractivity contribution in [2.24, 2.45) is 0 Å². The summed E-state index contributed by atoms with van der Waals surface area (Å²) in [6.45, 7) is 1.39. The summed E-state index contributed by atoms with van der Waals surface area (Å²) in [6, 6.07) is 4.79. The van der Waals surface area contributed by atoms with Crippen LogP contribution in [0.4, 0.5) is 0 Å². The van der Waals surface area contributed by atoms with Crippen molar-refractivity contribution in [2.45, 2.75) is 18.9 Å². The monoisotopic (exact) mass is 282 g/mol. The lowest BCUT2D eigenvalue weighted by atomic mass is 10.3. The Morgan fingerprint density at radius 1 is 1.50 bits per heavy atom. The zero-order valence-corrected chi connectivity index (χ0v) is 11.3. The van der Waals surface area contributed by atoms with Gasteiger partial charge in [-0.05, 0) is 18.6 Å². The van der Waals surface area contributed by atoms with E-state index in [0.717, 1.165) is 0 Å². The predicted octanol–water partition coefficient (Wildman–Crippen LogP) is 1.50. The molecule has 0 saturated carbocycles. The van der Waals surface area contributed by atoms with Gasteiger partial charge in [0.25, 0.3) is 0 Å². The first-order chi connectivity index (χ1) is 9.69. The van der Waals surface area contributed by atoms with E-state index in [4.69, 9.17) is 18.9 Å². The van der Waals surface area contributed by atoms with Gasteiger partial charge < -0.3 is 24.1 Å². The Hall–Kier alpha value is -1.95.